The van der Waals surface area contributed by atoms with Gasteiger partial charge in [0.15, 0.2) is 0 Å². The molecule has 0 radical (unpaired) electrons. The zero-order valence-corrected chi connectivity index (χ0v) is 15.1. The number of rotatable bonds is 4. The quantitative estimate of drug-likeness (QED) is 0.887. The highest BCUT2D eigenvalue weighted by Crippen LogP contribution is 2.13. The maximum absolute atomic E-state index is 12.7. The van der Waals surface area contributed by atoms with Crippen molar-refractivity contribution in [2.24, 2.45) is 0 Å². The number of aromatic nitrogens is 1. The molecule has 0 bridgehead atoms. The van der Waals surface area contributed by atoms with Gasteiger partial charge in [-0.15, -0.1) is 0 Å². The summed E-state index contributed by atoms with van der Waals surface area (Å²) >= 11 is 0. The Balaban J connectivity index is 1.55. The van der Waals surface area contributed by atoms with Crippen molar-refractivity contribution in [3.63, 3.8) is 0 Å². The molecule has 1 fully saturated rings. The minimum absolute atomic E-state index is 0.111. The smallest absolute Gasteiger partial charge is 0.251 e. The average molecular weight is 363 g/mol. The Morgan fingerprint density at radius 3 is 2.59 bits per heavy atom. The number of amides is 2. The largest absolute Gasteiger partial charge is 0.353 e. The van der Waals surface area contributed by atoms with Crippen LogP contribution in [0.3, 0.4) is 0 Å². The van der Waals surface area contributed by atoms with E-state index in [-0.39, 0.29) is 11.8 Å². The lowest BCUT2D eigenvalue weighted by Gasteiger charge is -2.36. The Bertz CT molecular complexity index is 854. The molecule has 0 spiro atoms. The van der Waals surface area contributed by atoms with Crippen molar-refractivity contribution >= 4 is 17.6 Å². The lowest BCUT2D eigenvalue weighted by molar-refractivity contribution is -0.133. The minimum atomic E-state index is -0.635. The van der Waals surface area contributed by atoms with E-state index in [9.17, 15) is 9.59 Å². The number of nitriles is 1. The van der Waals surface area contributed by atoms with Gasteiger partial charge in [0.05, 0.1) is 11.6 Å². The maximum Gasteiger partial charge on any atom is 0.251 e. The first-order chi connectivity index (χ1) is 13.1. The van der Waals surface area contributed by atoms with Crippen molar-refractivity contribution in [3.05, 3.63) is 59.8 Å². The SMILES string of the molecule is C[C@H](NC(=O)c1cccc(C#N)c1)C(=O)N1CCN(c2ccccn2)CC1. The average Bonchev–Trinajstić information content (AvgIpc) is 2.74. The molecule has 0 aliphatic carbocycles. The Morgan fingerprint density at radius 2 is 1.93 bits per heavy atom. The highest BCUT2D eigenvalue weighted by atomic mass is 16.2. The van der Waals surface area contributed by atoms with Crippen molar-refractivity contribution < 1.29 is 9.59 Å². The highest BCUT2D eigenvalue weighted by molar-refractivity contribution is 5.97. The zero-order chi connectivity index (χ0) is 19.2. The summed E-state index contributed by atoms with van der Waals surface area (Å²) in [5, 5.41) is 11.7. The van der Waals surface area contributed by atoms with Crippen LogP contribution in [-0.4, -0.2) is 53.9 Å². The van der Waals surface area contributed by atoms with E-state index < -0.39 is 6.04 Å². The summed E-state index contributed by atoms with van der Waals surface area (Å²) in [6.07, 6.45) is 1.76. The summed E-state index contributed by atoms with van der Waals surface area (Å²) in [6, 6.07) is 13.6. The van der Waals surface area contributed by atoms with Gasteiger partial charge in [0.1, 0.15) is 11.9 Å². The van der Waals surface area contributed by atoms with Crippen LogP contribution in [0, 0.1) is 11.3 Å². The van der Waals surface area contributed by atoms with Gasteiger partial charge in [-0.25, -0.2) is 4.98 Å². The number of pyridine rings is 1. The van der Waals surface area contributed by atoms with Crippen LogP contribution < -0.4 is 10.2 Å². The first-order valence-electron chi connectivity index (χ1n) is 8.84. The fourth-order valence-electron chi connectivity index (χ4n) is 3.04. The van der Waals surface area contributed by atoms with E-state index >= 15 is 0 Å². The van der Waals surface area contributed by atoms with Gasteiger partial charge in [-0.3, -0.25) is 9.59 Å². The van der Waals surface area contributed by atoms with E-state index in [0.29, 0.717) is 37.3 Å². The van der Waals surface area contributed by atoms with Crippen molar-refractivity contribution in [3.8, 4) is 6.07 Å². The fraction of sp³-hybridized carbons (Fsp3) is 0.300. The number of nitrogens with one attached hydrogen (secondary N) is 1. The molecule has 1 aromatic carbocycles. The monoisotopic (exact) mass is 363 g/mol. The molecule has 1 saturated heterocycles. The van der Waals surface area contributed by atoms with Gasteiger partial charge in [-0.05, 0) is 37.3 Å². The molecule has 0 saturated carbocycles. The molecule has 0 unspecified atom stereocenters. The predicted octanol–water partition coefficient (Wildman–Crippen LogP) is 1.42. The van der Waals surface area contributed by atoms with Crippen molar-refractivity contribution in [1.82, 2.24) is 15.2 Å². The van der Waals surface area contributed by atoms with Gasteiger partial charge in [0.2, 0.25) is 5.91 Å². The van der Waals surface area contributed by atoms with Gasteiger partial charge in [-0.1, -0.05) is 12.1 Å². The number of hydrogen-bond acceptors (Lipinski definition) is 5. The highest BCUT2D eigenvalue weighted by Gasteiger charge is 2.26. The Hall–Kier alpha value is -3.40. The molecule has 1 atom stereocenters. The van der Waals surface area contributed by atoms with Crippen LogP contribution in [0.15, 0.2) is 48.7 Å². The van der Waals surface area contributed by atoms with Crippen LogP contribution in [-0.2, 0) is 4.79 Å². The van der Waals surface area contributed by atoms with E-state index in [1.807, 2.05) is 24.3 Å². The third-order valence-electron chi connectivity index (χ3n) is 4.54. The molecule has 27 heavy (non-hydrogen) atoms. The molecule has 1 aliphatic rings. The summed E-state index contributed by atoms with van der Waals surface area (Å²) in [5.41, 5.74) is 0.779. The van der Waals surface area contributed by atoms with Crippen molar-refractivity contribution in [1.29, 1.82) is 5.26 Å². The molecule has 3 rings (SSSR count). The van der Waals surface area contributed by atoms with Gasteiger partial charge in [0.25, 0.3) is 5.91 Å². The van der Waals surface area contributed by atoms with Gasteiger partial charge < -0.3 is 15.1 Å². The summed E-state index contributed by atoms with van der Waals surface area (Å²) < 4.78 is 0. The van der Waals surface area contributed by atoms with Crippen LogP contribution >= 0.6 is 0 Å². The topological polar surface area (TPSA) is 89.3 Å². The third kappa shape index (κ3) is 4.42. The fourth-order valence-corrected chi connectivity index (χ4v) is 3.04. The lowest BCUT2D eigenvalue weighted by atomic mass is 10.1. The summed E-state index contributed by atoms with van der Waals surface area (Å²) in [4.78, 5) is 33.2. The maximum atomic E-state index is 12.7. The first-order valence-corrected chi connectivity index (χ1v) is 8.84. The molecule has 1 aromatic heterocycles. The van der Waals surface area contributed by atoms with Crippen molar-refractivity contribution in [2.75, 3.05) is 31.1 Å². The van der Waals surface area contributed by atoms with Gasteiger partial charge in [-0.2, -0.15) is 5.26 Å². The molecule has 1 aliphatic heterocycles. The third-order valence-corrected chi connectivity index (χ3v) is 4.54. The van der Waals surface area contributed by atoms with Crippen molar-refractivity contribution in [2.45, 2.75) is 13.0 Å². The van der Waals surface area contributed by atoms with E-state index in [2.05, 4.69) is 15.2 Å². The number of carbonyl (C=O) groups is 2. The predicted molar refractivity (Wildman–Crippen MR) is 101 cm³/mol. The normalized spacial score (nSPS) is 15.0. The number of piperazine rings is 1. The number of benzene rings is 1. The Kier molecular flexibility index (Phi) is 5.67. The van der Waals surface area contributed by atoms with Gasteiger partial charge in [0, 0.05) is 37.9 Å². The van der Waals surface area contributed by atoms with Crippen LogP contribution in [0.1, 0.15) is 22.8 Å². The van der Waals surface area contributed by atoms with Crippen LogP contribution in [0.25, 0.3) is 0 Å². The number of hydrogen-bond donors (Lipinski definition) is 1. The van der Waals surface area contributed by atoms with Crippen LogP contribution in [0.4, 0.5) is 5.82 Å². The molecule has 2 amide bonds. The van der Waals surface area contributed by atoms with E-state index in [1.54, 1.807) is 36.2 Å². The molecule has 1 N–H and O–H groups in total. The molecule has 7 heteroatoms. The number of carbonyl (C=O) groups excluding carboxylic acids is 2. The Labute approximate surface area is 158 Å². The minimum Gasteiger partial charge on any atom is -0.353 e. The van der Waals surface area contributed by atoms with E-state index in [4.69, 9.17) is 5.26 Å². The van der Waals surface area contributed by atoms with Crippen LogP contribution in [0.2, 0.25) is 0 Å². The molecule has 2 aromatic rings. The molecule has 7 nitrogen and oxygen atoms in total. The standard InChI is InChI=1S/C20H21N5O2/c1-15(23-19(26)17-6-4-5-16(13-17)14-21)20(27)25-11-9-24(10-12-25)18-7-2-3-8-22-18/h2-8,13,15H,9-12H2,1H3,(H,23,26)/t15-/m0/s1. The number of nitrogens with zero attached hydrogens (tertiary/aromatic N) is 4. The second kappa shape index (κ2) is 8.32. The number of anilines is 1. The molecule has 2 heterocycles. The van der Waals surface area contributed by atoms with Gasteiger partial charge >= 0.3 is 0 Å². The molecular weight excluding hydrogens is 342 g/mol. The zero-order valence-electron chi connectivity index (χ0n) is 15.1. The Morgan fingerprint density at radius 1 is 1.15 bits per heavy atom. The van der Waals surface area contributed by atoms with Crippen LogP contribution in [0.5, 0.6) is 0 Å². The van der Waals surface area contributed by atoms with E-state index in [1.165, 1.54) is 6.07 Å². The first kappa shape index (κ1) is 18.4. The molecule has 138 valence electrons. The summed E-state index contributed by atoms with van der Waals surface area (Å²) in [7, 11) is 0. The lowest BCUT2D eigenvalue weighted by Crippen LogP contribution is -2.54. The summed E-state index contributed by atoms with van der Waals surface area (Å²) in [6.45, 7) is 4.25. The summed E-state index contributed by atoms with van der Waals surface area (Å²) in [5.74, 6) is 0.434. The molecular formula is C20H21N5O2. The van der Waals surface area contributed by atoms with E-state index in [0.717, 1.165) is 5.82 Å². The second-order valence-electron chi connectivity index (χ2n) is 6.39. The second-order valence-corrected chi connectivity index (χ2v) is 6.39.